The Morgan fingerprint density at radius 2 is 2.16 bits per heavy atom. The van der Waals surface area contributed by atoms with Crippen molar-refractivity contribution < 1.29 is 15.3 Å². The number of hydrogen-bond donors (Lipinski definition) is 5. The average Bonchev–Trinajstić information content (AvgIpc) is 2.94. The lowest BCUT2D eigenvalue weighted by Crippen LogP contribution is -2.28. The molecular formula is C12H16N4O3. The van der Waals surface area contributed by atoms with E-state index in [4.69, 9.17) is 5.73 Å². The summed E-state index contributed by atoms with van der Waals surface area (Å²) in [6, 6.07) is 1.77. The van der Waals surface area contributed by atoms with Gasteiger partial charge in [-0.2, -0.15) is 5.10 Å². The number of aliphatic hydroxyl groups excluding tert-OH is 3. The molecule has 0 radical (unpaired) electrons. The van der Waals surface area contributed by atoms with Crippen LogP contribution in [0.25, 0.3) is 10.9 Å². The first-order valence-corrected chi connectivity index (χ1v) is 6.19. The molecule has 0 aromatic carbocycles. The van der Waals surface area contributed by atoms with Crippen molar-refractivity contribution in [3.05, 3.63) is 18.0 Å². The molecule has 7 nitrogen and oxygen atoms in total. The lowest BCUT2D eigenvalue weighted by Gasteiger charge is -2.15. The second-order valence-electron chi connectivity index (χ2n) is 5.00. The molecule has 0 amide bonds. The van der Waals surface area contributed by atoms with Crippen molar-refractivity contribution in [3.63, 3.8) is 0 Å². The van der Waals surface area contributed by atoms with Gasteiger partial charge in [0.2, 0.25) is 0 Å². The van der Waals surface area contributed by atoms with Gasteiger partial charge in [0.1, 0.15) is 5.52 Å². The number of aliphatic hydroxyl groups is 3. The van der Waals surface area contributed by atoms with Crippen LogP contribution >= 0.6 is 0 Å². The molecule has 19 heavy (non-hydrogen) atoms. The number of anilines is 1. The van der Waals surface area contributed by atoms with E-state index >= 15 is 0 Å². The Hall–Kier alpha value is -1.70. The molecule has 0 unspecified atom stereocenters. The number of hydrogen-bond acceptors (Lipinski definition) is 6. The van der Waals surface area contributed by atoms with E-state index in [1.54, 1.807) is 12.3 Å². The number of nitrogens with zero attached hydrogens (tertiary/aromatic N) is 2. The predicted octanol–water partition coefficient (Wildman–Crippen LogP) is -0.642. The highest BCUT2D eigenvalue weighted by atomic mass is 16.3. The summed E-state index contributed by atoms with van der Waals surface area (Å²) in [6.07, 6.45) is 0.235. The molecule has 1 aliphatic carbocycles. The van der Waals surface area contributed by atoms with Gasteiger partial charge < -0.3 is 21.1 Å². The molecule has 1 saturated carbocycles. The van der Waals surface area contributed by atoms with Gasteiger partial charge in [-0.3, -0.25) is 5.10 Å². The Bertz CT molecular complexity index is 600. The summed E-state index contributed by atoms with van der Waals surface area (Å²) in [7, 11) is 0. The van der Waals surface area contributed by atoms with Crippen LogP contribution in [0.15, 0.2) is 12.3 Å². The molecule has 3 rings (SSSR count). The van der Waals surface area contributed by atoms with Gasteiger partial charge >= 0.3 is 0 Å². The van der Waals surface area contributed by atoms with E-state index in [1.165, 1.54) is 0 Å². The third-order valence-electron chi connectivity index (χ3n) is 3.94. The number of rotatable bonds is 2. The average molecular weight is 264 g/mol. The number of pyridine rings is 1. The highest BCUT2D eigenvalue weighted by molar-refractivity contribution is 5.89. The van der Waals surface area contributed by atoms with Gasteiger partial charge in [0.15, 0.2) is 5.82 Å². The maximum Gasteiger partial charge on any atom is 0.151 e. The van der Waals surface area contributed by atoms with Gasteiger partial charge in [-0.1, -0.05) is 0 Å². The van der Waals surface area contributed by atoms with Gasteiger partial charge in [0.05, 0.1) is 12.2 Å². The zero-order valence-electron chi connectivity index (χ0n) is 10.2. The number of nitrogens with one attached hydrogen (secondary N) is 1. The molecule has 0 aliphatic heterocycles. The lowest BCUT2D eigenvalue weighted by atomic mass is 9.98. The Labute approximate surface area is 109 Å². The molecular weight excluding hydrogens is 248 g/mol. The molecule has 1 aliphatic rings. The Morgan fingerprint density at radius 1 is 1.37 bits per heavy atom. The number of H-pyrrole nitrogens is 1. The fraction of sp³-hybridized carbons (Fsp3) is 0.500. The Balaban J connectivity index is 2.04. The number of nitrogens with two attached hydrogens (primary N) is 1. The van der Waals surface area contributed by atoms with Crippen molar-refractivity contribution in [1.82, 2.24) is 15.2 Å². The molecule has 0 spiro atoms. The normalized spacial score (nSPS) is 31.1. The first-order valence-electron chi connectivity index (χ1n) is 6.19. The third kappa shape index (κ3) is 1.78. The minimum atomic E-state index is -0.924. The summed E-state index contributed by atoms with van der Waals surface area (Å²) in [6.45, 7) is -0.148. The molecule has 4 atom stereocenters. The smallest absolute Gasteiger partial charge is 0.151 e. The highest BCUT2D eigenvalue weighted by Gasteiger charge is 2.43. The minimum Gasteiger partial charge on any atom is -0.396 e. The van der Waals surface area contributed by atoms with E-state index in [0.29, 0.717) is 17.8 Å². The second-order valence-corrected chi connectivity index (χ2v) is 5.00. The van der Waals surface area contributed by atoms with Crippen molar-refractivity contribution in [2.24, 2.45) is 5.92 Å². The van der Waals surface area contributed by atoms with Crippen LogP contribution in [0.2, 0.25) is 0 Å². The topological polar surface area (TPSA) is 128 Å². The van der Waals surface area contributed by atoms with Gasteiger partial charge in [-0.05, 0) is 12.5 Å². The summed E-state index contributed by atoms with van der Waals surface area (Å²) >= 11 is 0. The number of fused-ring (bicyclic) bond motifs is 1. The van der Waals surface area contributed by atoms with E-state index < -0.39 is 12.2 Å². The largest absolute Gasteiger partial charge is 0.396 e. The first-order chi connectivity index (χ1) is 9.13. The molecule has 2 aromatic heterocycles. The van der Waals surface area contributed by atoms with Crippen molar-refractivity contribution in [1.29, 1.82) is 0 Å². The summed E-state index contributed by atoms with van der Waals surface area (Å²) in [5.74, 6) is -0.289. The van der Waals surface area contributed by atoms with Crippen molar-refractivity contribution >= 4 is 16.7 Å². The monoisotopic (exact) mass is 264 g/mol. The van der Waals surface area contributed by atoms with E-state index in [0.717, 1.165) is 11.1 Å². The molecule has 102 valence electrons. The number of aromatic nitrogens is 3. The van der Waals surface area contributed by atoms with Crippen LogP contribution in [-0.2, 0) is 0 Å². The van der Waals surface area contributed by atoms with Gasteiger partial charge in [-0.25, -0.2) is 4.98 Å². The number of nitrogen functional groups attached to an aromatic ring is 1. The SMILES string of the molecule is Nc1nccc2c([C@@H]3C[C@H](CO)[C@@H](O)[C@H]3O)[nH]nc12. The molecule has 6 N–H and O–H groups in total. The van der Waals surface area contributed by atoms with Gasteiger partial charge in [0.25, 0.3) is 0 Å². The summed E-state index contributed by atoms with van der Waals surface area (Å²) in [4.78, 5) is 3.96. The predicted molar refractivity (Wildman–Crippen MR) is 68.2 cm³/mol. The van der Waals surface area contributed by atoms with E-state index in [9.17, 15) is 15.3 Å². The van der Waals surface area contributed by atoms with Crippen LogP contribution in [0.1, 0.15) is 18.0 Å². The fourth-order valence-electron chi connectivity index (χ4n) is 2.86. The zero-order valence-corrected chi connectivity index (χ0v) is 10.2. The minimum absolute atomic E-state index is 0.148. The van der Waals surface area contributed by atoms with Crippen molar-refractivity contribution in [3.8, 4) is 0 Å². The van der Waals surface area contributed by atoms with Crippen molar-refractivity contribution in [2.45, 2.75) is 24.5 Å². The van der Waals surface area contributed by atoms with Crippen molar-refractivity contribution in [2.75, 3.05) is 12.3 Å². The lowest BCUT2D eigenvalue weighted by molar-refractivity contribution is 0.00211. The van der Waals surface area contributed by atoms with E-state index in [-0.39, 0.29) is 18.4 Å². The van der Waals surface area contributed by atoms with Gasteiger partial charge in [-0.15, -0.1) is 0 Å². The maximum atomic E-state index is 10.1. The molecule has 0 saturated heterocycles. The summed E-state index contributed by atoms with van der Waals surface area (Å²) in [5.41, 5.74) is 7.03. The zero-order chi connectivity index (χ0) is 13.6. The number of aromatic amines is 1. The fourth-order valence-corrected chi connectivity index (χ4v) is 2.86. The maximum absolute atomic E-state index is 10.1. The van der Waals surface area contributed by atoms with E-state index in [2.05, 4.69) is 15.2 Å². The quantitative estimate of drug-likeness (QED) is 0.490. The van der Waals surface area contributed by atoms with Crippen LogP contribution in [0.4, 0.5) is 5.82 Å². The third-order valence-corrected chi connectivity index (χ3v) is 3.94. The molecule has 7 heteroatoms. The summed E-state index contributed by atoms with van der Waals surface area (Å²) in [5, 5.41) is 36.9. The van der Waals surface area contributed by atoms with Crippen LogP contribution in [0.3, 0.4) is 0 Å². The molecule has 1 fully saturated rings. The van der Waals surface area contributed by atoms with E-state index in [1.807, 2.05) is 0 Å². The van der Waals surface area contributed by atoms with Crippen LogP contribution in [0, 0.1) is 5.92 Å². The van der Waals surface area contributed by atoms with Crippen LogP contribution in [0.5, 0.6) is 0 Å². The first kappa shape index (κ1) is 12.3. The van der Waals surface area contributed by atoms with Crippen LogP contribution in [-0.4, -0.2) is 49.3 Å². The van der Waals surface area contributed by atoms with Crippen LogP contribution < -0.4 is 5.73 Å². The summed E-state index contributed by atoms with van der Waals surface area (Å²) < 4.78 is 0. The molecule has 2 aromatic rings. The Kier molecular flexibility index (Phi) is 2.89. The molecule has 0 bridgehead atoms. The molecule has 2 heterocycles. The standard InChI is InChI=1S/C12H16N4O3/c13-12-9-6(1-2-14-12)8(15-16-9)7-3-5(4-17)10(18)11(7)19/h1-2,5,7,10-11,17-19H,3-4H2,(H2,13,14)(H,15,16)/t5-,7+,10-,11+/m1/s1. The highest BCUT2D eigenvalue weighted by Crippen LogP contribution is 2.40. The second kappa shape index (κ2) is 4.44. The van der Waals surface area contributed by atoms with Gasteiger partial charge in [0, 0.05) is 35.7 Å². The Morgan fingerprint density at radius 3 is 2.84 bits per heavy atom.